The number of carbonyl (C=O) groups is 1. The molecular weight excluding hydrogens is 122 g/mol. The van der Waals surface area contributed by atoms with E-state index in [9.17, 15) is 4.79 Å². The molecule has 0 fully saturated rings. The van der Waals surface area contributed by atoms with E-state index in [-0.39, 0.29) is 12.4 Å². The lowest BCUT2D eigenvalue weighted by Crippen LogP contribution is -1.99. The van der Waals surface area contributed by atoms with E-state index in [4.69, 9.17) is 5.21 Å². The normalized spacial score (nSPS) is 9.89. The number of hydrogen-bond donors (Lipinski definition) is 1. The maximum Gasteiger partial charge on any atom is 0.305 e. The molecule has 0 rings (SSSR count). The van der Waals surface area contributed by atoms with Gasteiger partial charge in [0.15, 0.2) is 0 Å². The van der Waals surface area contributed by atoms with E-state index < -0.39 is 0 Å². The van der Waals surface area contributed by atoms with Gasteiger partial charge in [-0.2, -0.15) is 0 Å². The van der Waals surface area contributed by atoms with Crippen LogP contribution in [0.15, 0.2) is 5.16 Å². The third-order valence-corrected chi connectivity index (χ3v) is 0.787. The van der Waals surface area contributed by atoms with Gasteiger partial charge in [-0.1, -0.05) is 0 Å². The van der Waals surface area contributed by atoms with E-state index in [2.05, 4.69) is 9.89 Å². The Kier molecular flexibility index (Phi) is 4.49. The maximum atomic E-state index is 10.3. The Hall–Kier alpha value is -1.06. The van der Waals surface area contributed by atoms with Gasteiger partial charge in [0.1, 0.15) is 0 Å². The van der Waals surface area contributed by atoms with Gasteiger partial charge >= 0.3 is 5.97 Å². The molecule has 0 unspecified atom stereocenters. The molecule has 1 N–H and O–H groups in total. The number of hydrogen-bond acceptors (Lipinski definition) is 4. The minimum Gasteiger partial charge on any atom is -0.469 e. The Balaban J connectivity index is 3.17. The van der Waals surface area contributed by atoms with Crippen LogP contribution in [0.1, 0.15) is 12.8 Å². The second kappa shape index (κ2) is 5.08. The van der Waals surface area contributed by atoms with Crippen molar-refractivity contribution in [2.75, 3.05) is 7.11 Å². The van der Waals surface area contributed by atoms with Crippen LogP contribution >= 0.6 is 0 Å². The molecule has 0 saturated carbocycles. The summed E-state index contributed by atoms with van der Waals surface area (Å²) < 4.78 is 4.31. The van der Waals surface area contributed by atoms with Gasteiger partial charge in [-0.3, -0.25) is 4.79 Å². The number of methoxy groups -OCH3 is 1. The summed E-state index contributed by atoms with van der Waals surface area (Å²) in [6.45, 7) is 0. The number of ether oxygens (including phenoxy) is 1. The summed E-state index contributed by atoms with van der Waals surface area (Å²) in [5, 5.41) is 10.6. The molecule has 4 nitrogen and oxygen atoms in total. The van der Waals surface area contributed by atoms with Crippen LogP contribution in [0.5, 0.6) is 0 Å². The van der Waals surface area contributed by atoms with Crippen LogP contribution in [0.25, 0.3) is 0 Å². The lowest BCUT2D eigenvalue weighted by molar-refractivity contribution is -0.140. The first-order chi connectivity index (χ1) is 4.31. The summed E-state index contributed by atoms with van der Waals surface area (Å²) in [7, 11) is 1.32. The first kappa shape index (κ1) is 7.94. The predicted octanol–water partition coefficient (Wildman–Crippen LogP) is 0.400. The van der Waals surface area contributed by atoms with E-state index in [0.29, 0.717) is 6.42 Å². The minimum absolute atomic E-state index is 0.264. The van der Waals surface area contributed by atoms with E-state index >= 15 is 0 Å². The maximum absolute atomic E-state index is 10.3. The van der Waals surface area contributed by atoms with Crippen molar-refractivity contribution in [1.29, 1.82) is 0 Å². The Morgan fingerprint density at radius 3 is 3.00 bits per heavy atom. The zero-order chi connectivity index (χ0) is 7.11. The highest BCUT2D eigenvalue weighted by atomic mass is 16.5. The Labute approximate surface area is 53.1 Å². The zero-order valence-corrected chi connectivity index (χ0v) is 5.20. The van der Waals surface area contributed by atoms with Crippen LogP contribution < -0.4 is 0 Å². The van der Waals surface area contributed by atoms with Crippen LogP contribution in [0.3, 0.4) is 0 Å². The summed E-state index contributed by atoms with van der Waals surface area (Å²) in [6, 6.07) is 0. The van der Waals surface area contributed by atoms with Crippen molar-refractivity contribution in [3.8, 4) is 0 Å². The lowest BCUT2D eigenvalue weighted by atomic mass is 10.3. The Bertz CT molecular complexity index is 111. The highest BCUT2D eigenvalue weighted by molar-refractivity contribution is 5.73. The fourth-order valence-electron chi connectivity index (χ4n) is 0.342. The molecule has 0 aliphatic rings. The molecule has 0 atom stereocenters. The molecule has 0 amide bonds. The molecule has 4 heteroatoms. The number of carbonyl (C=O) groups excluding carboxylic acids is 1. The monoisotopic (exact) mass is 131 g/mol. The number of rotatable bonds is 3. The summed E-state index contributed by atoms with van der Waals surface area (Å²) in [6.07, 6.45) is 1.93. The molecule has 0 aromatic heterocycles. The summed E-state index contributed by atoms with van der Waals surface area (Å²) in [4.78, 5) is 10.3. The summed E-state index contributed by atoms with van der Waals surface area (Å²) in [5.74, 6) is -0.296. The van der Waals surface area contributed by atoms with Crippen LogP contribution in [-0.2, 0) is 9.53 Å². The van der Waals surface area contributed by atoms with Crippen molar-refractivity contribution in [2.24, 2.45) is 5.16 Å². The van der Waals surface area contributed by atoms with E-state index in [0.717, 1.165) is 0 Å². The van der Waals surface area contributed by atoms with Crippen molar-refractivity contribution in [2.45, 2.75) is 12.8 Å². The molecule has 52 valence electrons. The fourth-order valence-corrected chi connectivity index (χ4v) is 0.342. The van der Waals surface area contributed by atoms with Crippen molar-refractivity contribution in [3.05, 3.63) is 0 Å². The molecule has 0 radical (unpaired) electrons. The van der Waals surface area contributed by atoms with Crippen LogP contribution in [0.2, 0.25) is 0 Å². The molecule has 0 saturated heterocycles. The van der Waals surface area contributed by atoms with Gasteiger partial charge in [0.05, 0.1) is 13.5 Å². The van der Waals surface area contributed by atoms with Crippen molar-refractivity contribution >= 4 is 12.2 Å². The molecule has 0 aliphatic carbocycles. The van der Waals surface area contributed by atoms with E-state index in [1.807, 2.05) is 0 Å². The van der Waals surface area contributed by atoms with Crippen molar-refractivity contribution in [3.63, 3.8) is 0 Å². The molecule has 0 heterocycles. The topological polar surface area (TPSA) is 58.9 Å². The first-order valence-electron chi connectivity index (χ1n) is 2.54. The Morgan fingerprint density at radius 1 is 1.89 bits per heavy atom. The Morgan fingerprint density at radius 2 is 2.56 bits per heavy atom. The smallest absolute Gasteiger partial charge is 0.305 e. The lowest BCUT2D eigenvalue weighted by Gasteiger charge is -1.91. The van der Waals surface area contributed by atoms with Crippen LogP contribution in [0.4, 0.5) is 0 Å². The highest BCUT2D eigenvalue weighted by Gasteiger charge is 1.95. The average molecular weight is 131 g/mol. The van der Waals surface area contributed by atoms with Gasteiger partial charge in [-0.05, 0) is 6.42 Å². The van der Waals surface area contributed by atoms with E-state index in [1.165, 1.54) is 13.3 Å². The van der Waals surface area contributed by atoms with Gasteiger partial charge in [0.25, 0.3) is 0 Å². The van der Waals surface area contributed by atoms with Crippen molar-refractivity contribution < 1.29 is 14.7 Å². The van der Waals surface area contributed by atoms with E-state index in [1.54, 1.807) is 0 Å². The minimum atomic E-state index is -0.296. The number of oxime groups is 1. The second-order valence-electron chi connectivity index (χ2n) is 1.41. The largest absolute Gasteiger partial charge is 0.469 e. The molecule has 0 spiro atoms. The van der Waals surface area contributed by atoms with Gasteiger partial charge in [0, 0.05) is 6.21 Å². The van der Waals surface area contributed by atoms with Crippen molar-refractivity contribution in [1.82, 2.24) is 0 Å². The summed E-state index contributed by atoms with van der Waals surface area (Å²) in [5.41, 5.74) is 0. The zero-order valence-electron chi connectivity index (χ0n) is 5.20. The van der Waals surface area contributed by atoms with Gasteiger partial charge < -0.3 is 9.94 Å². The number of nitrogens with zero attached hydrogens (tertiary/aromatic N) is 1. The fraction of sp³-hybridized carbons (Fsp3) is 0.600. The SMILES string of the molecule is COC(=O)CC/C=N/O. The van der Waals surface area contributed by atoms with Gasteiger partial charge in [-0.25, -0.2) is 0 Å². The van der Waals surface area contributed by atoms with Crippen LogP contribution in [-0.4, -0.2) is 24.5 Å². The standard InChI is InChI=1S/C5H9NO3/c1-9-5(7)3-2-4-6-8/h4,8H,2-3H2,1H3/b6-4+. The highest BCUT2D eigenvalue weighted by Crippen LogP contribution is 1.86. The second-order valence-corrected chi connectivity index (χ2v) is 1.41. The molecule has 0 bridgehead atoms. The van der Waals surface area contributed by atoms with Crippen LogP contribution in [0, 0.1) is 0 Å². The third-order valence-electron chi connectivity index (χ3n) is 0.787. The molecule has 9 heavy (non-hydrogen) atoms. The van der Waals surface area contributed by atoms with Gasteiger partial charge in [-0.15, -0.1) is 5.16 Å². The molecule has 0 aromatic carbocycles. The number of esters is 1. The quantitative estimate of drug-likeness (QED) is 0.261. The summed E-state index contributed by atoms with van der Waals surface area (Å²) >= 11 is 0. The average Bonchev–Trinajstić information content (AvgIpc) is 1.89. The predicted molar refractivity (Wildman–Crippen MR) is 31.5 cm³/mol. The molecule has 0 aromatic rings. The van der Waals surface area contributed by atoms with Gasteiger partial charge in [0.2, 0.25) is 0 Å². The molecule has 0 aliphatic heterocycles. The third kappa shape index (κ3) is 4.80. The molecular formula is C5H9NO3. The first-order valence-corrected chi connectivity index (χ1v) is 2.54.